The van der Waals surface area contributed by atoms with Crippen LogP contribution < -0.4 is 10.2 Å². The maximum absolute atomic E-state index is 12.9. The van der Waals surface area contributed by atoms with Crippen LogP contribution in [-0.2, 0) is 16.0 Å². The van der Waals surface area contributed by atoms with Gasteiger partial charge in [-0.3, -0.25) is 14.6 Å². The average Bonchev–Trinajstić information content (AvgIpc) is 3.38. The van der Waals surface area contributed by atoms with Crippen LogP contribution in [0, 0.1) is 5.92 Å². The highest BCUT2D eigenvalue weighted by Crippen LogP contribution is 2.29. The predicted octanol–water partition coefficient (Wildman–Crippen LogP) is 3.20. The number of aromatic nitrogens is 3. The van der Waals surface area contributed by atoms with Crippen molar-refractivity contribution in [2.45, 2.75) is 50.2 Å². The van der Waals surface area contributed by atoms with E-state index in [1.54, 1.807) is 12.3 Å². The number of anilines is 1. The van der Waals surface area contributed by atoms with Gasteiger partial charge in [0, 0.05) is 62.5 Å². The number of hydrogen-bond acceptors (Lipinski definition) is 7. The molecule has 1 unspecified atom stereocenters. The first-order valence-corrected chi connectivity index (χ1v) is 13.3. The van der Waals surface area contributed by atoms with Crippen molar-refractivity contribution in [2.75, 3.05) is 36.8 Å². The lowest BCUT2D eigenvalue weighted by atomic mass is 10.0. The normalized spacial score (nSPS) is 18.8. The SMILES string of the molecule is CC1CN(c2cc(Cl)nc(SCC(=O)NCCc3ccccn3)n2)CCN1C(=O)C1CCCC1. The molecule has 1 aliphatic carbocycles. The molecule has 1 N–H and O–H groups in total. The van der Waals surface area contributed by atoms with E-state index in [-0.39, 0.29) is 23.6 Å². The minimum Gasteiger partial charge on any atom is -0.355 e. The number of halogens is 1. The van der Waals surface area contributed by atoms with Crippen molar-refractivity contribution in [3.63, 3.8) is 0 Å². The summed E-state index contributed by atoms with van der Waals surface area (Å²) in [5, 5.41) is 3.72. The van der Waals surface area contributed by atoms with Crippen LogP contribution in [0.15, 0.2) is 35.6 Å². The van der Waals surface area contributed by atoms with E-state index in [9.17, 15) is 9.59 Å². The molecule has 1 atom stereocenters. The smallest absolute Gasteiger partial charge is 0.230 e. The van der Waals surface area contributed by atoms with Crippen LogP contribution in [0.25, 0.3) is 0 Å². The average molecular weight is 503 g/mol. The fourth-order valence-electron chi connectivity index (χ4n) is 4.57. The maximum atomic E-state index is 12.9. The second-order valence-electron chi connectivity index (χ2n) is 8.85. The van der Waals surface area contributed by atoms with Crippen molar-refractivity contribution < 1.29 is 9.59 Å². The number of carbonyl (C=O) groups is 2. The summed E-state index contributed by atoms with van der Waals surface area (Å²) in [7, 11) is 0. The number of nitrogens with zero attached hydrogens (tertiary/aromatic N) is 5. The molecule has 1 saturated heterocycles. The summed E-state index contributed by atoms with van der Waals surface area (Å²) in [6, 6.07) is 7.60. The molecule has 2 fully saturated rings. The largest absolute Gasteiger partial charge is 0.355 e. The first-order chi connectivity index (χ1) is 16.5. The highest BCUT2D eigenvalue weighted by Gasteiger charge is 2.33. The van der Waals surface area contributed by atoms with Crippen molar-refractivity contribution in [3.8, 4) is 0 Å². The van der Waals surface area contributed by atoms with Gasteiger partial charge in [-0.25, -0.2) is 9.97 Å². The molecule has 34 heavy (non-hydrogen) atoms. The molecule has 1 aliphatic heterocycles. The van der Waals surface area contributed by atoms with Crippen LogP contribution in [0.5, 0.6) is 0 Å². The van der Waals surface area contributed by atoms with Crippen molar-refractivity contribution in [2.24, 2.45) is 5.92 Å². The van der Waals surface area contributed by atoms with E-state index in [0.29, 0.717) is 48.8 Å². The number of piperazine rings is 1. The molecule has 2 aliphatic rings. The third-order valence-corrected chi connectivity index (χ3v) is 7.40. The van der Waals surface area contributed by atoms with E-state index >= 15 is 0 Å². The molecule has 8 nitrogen and oxygen atoms in total. The zero-order chi connectivity index (χ0) is 23.9. The Morgan fingerprint density at radius 1 is 1.21 bits per heavy atom. The van der Waals surface area contributed by atoms with Gasteiger partial charge in [-0.2, -0.15) is 0 Å². The van der Waals surface area contributed by atoms with Crippen LogP contribution in [0.4, 0.5) is 5.82 Å². The van der Waals surface area contributed by atoms with Gasteiger partial charge in [0.1, 0.15) is 11.0 Å². The van der Waals surface area contributed by atoms with E-state index in [0.717, 1.165) is 37.2 Å². The second kappa shape index (κ2) is 11.8. The van der Waals surface area contributed by atoms with Crippen LogP contribution in [-0.4, -0.2) is 69.6 Å². The van der Waals surface area contributed by atoms with Crippen LogP contribution >= 0.6 is 23.4 Å². The zero-order valence-electron chi connectivity index (χ0n) is 19.5. The van der Waals surface area contributed by atoms with Crippen LogP contribution in [0.2, 0.25) is 5.15 Å². The van der Waals surface area contributed by atoms with Gasteiger partial charge in [0.2, 0.25) is 11.8 Å². The number of amides is 2. The molecule has 0 aromatic carbocycles. The molecule has 1 saturated carbocycles. The molecule has 0 spiro atoms. The molecular weight excluding hydrogens is 472 g/mol. The Morgan fingerprint density at radius 2 is 2.03 bits per heavy atom. The van der Waals surface area contributed by atoms with E-state index in [2.05, 4.69) is 32.1 Å². The first kappa shape index (κ1) is 24.7. The number of thioether (sulfide) groups is 1. The fourth-order valence-corrected chi connectivity index (χ4v) is 5.48. The second-order valence-corrected chi connectivity index (χ2v) is 10.2. The van der Waals surface area contributed by atoms with Crippen molar-refractivity contribution >= 4 is 41.0 Å². The molecule has 0 radical (unpaired) electrons. The highest BCUT2D eigenvalue weighted by atomic mass is 35.5. The van der Waals surface area contributed by atoms with E-state index < -0.39 is 0 Å². The van der Waals surface area contributed by atoms with Gasteiger partial charge < -0.3 is 15.1 Å². The van der Waals surface area contributed by atoms with Gasteiger partial charge in [0.05, 0.1) is 5.75 Å². The Kier molecular flexibility index (Phi) is 8.61. The summed E-state index contributed by atoms with van der Waals surface area (Å²) in [4.78, 5) is 42.5. The molecule has 182 valence electrons. The summed E-state index contributed by atoms with van der Waals surface area (Å²) in [5.74, 6) is 1.36. The van der Waals surface area contributed by atoms with Crippen molar-refractivity contribution in [1.29, 1.82) is 0 Å². The summed E-state index contributed by atoms with van der Waals surface area (Å²) < 4.78 is 0. The lowest BCUT2D eigenvalue weighted by Gasteiger charge is -2.41. The molecule has 2 amide bonds. The van der Waals surface area contributed by atoms with Gasteiger partial charge in [-0.15, -0.1) is 0 Å². The predicted molar refractivity (Wildman–Crippen MR) is 134 cm³/mol. The van der Waals surface area contributed by atoms with Crippen molar-refractivity contribution in [3.05, 3.63) is 41.3 Å². The summed E-state index contributed by atoms with van der Waals surface area (Å²) in [6.45, 7) is 4.70. The van der Waals surface area contributed by atoms with E-state index in [1.807, 2.05) is 23.1 Å². The van der Waals surface area contributed by atoms with Gasteiger partial charge in [0.15, 0.2) is 5.16 Å². The van der Waals surface area contributed by atoms with Gasteiger partial charge in [0.25, 0.3) is 0 Å². The Hall–Kier alpha value is -2.39. The third kappa shape index (κ3) is 6.60. The molecule has 10 heteroatoms. The Bertz CT molecular complexity index is 989. The quantitative estimate of drug-likeness (QED) is 0.336. The minimum absolute atomic E-state index is 0.0845. The molecule has 2 aromatic rings. The number of pyridine rings is 1. The van der Waals surface area contributed by atoms with Crippen LogP contribution in [0.1, 0.15) is 38.3 Å². The van der Waals surface area contributed by atoms with E-state index in [4.69, 9.17) is 11.6 Å². The number of hydrogen-bond donors (Lipinski definition) is 1. The molecule has 2 aromatic heterocycles. The molecule has 4 rings (SSSR count). The number of carbonyl (C=O) groups excluding carboxylic acids is 2. The summed E-state index contributed by atoms with van der Waals surface area (Å²) in [5.41, 5.74) is 0.942. The standard InChI is InChI=1S/C24H31ClN6O2S/c1-17-15-30(12-13-31(17)23(33)18-6-2-3-7-18)21-14-20(25)28-24(29-21)34-16-22(32)27-11-9-19-8-4-5-10-26-19/h4-5,8,10,14,17-18H,2-3,6-7,9,11-13,15-16H2,1H3,(H,27,32). The van der Waals surface area contributed by atoms with Crippen LogP contribution in [0.3, 0.4) is 0 Å². The van der Waals surface area contributed by atoms with Gasteiger partial charge >= 0.3 is 0 Å². The van der Waals surface area contributed by atoms with E-state index in [1.165, 1.54) is 11.8 Å². The van der Waals surface area contributed by atoms with Crippen molar-refractivity contribution in [1.82, 2.24) is 25.2 Å². The number of rotatable bonds is 8. The Balaban J connectivity index is 1.28. The van der Waals surface area contributed by atoms with Gasteiger partial charge in [-0.05, 0) is 31.9 Å². The lowest BCUT2D eigenvalue weighted by molar-refractivity contribution is -0.137. The fraction of sp³-hybridized carbons (Fsp3) is 0.542. The first-order valence-electron chi connectivity index (χ1n) is 11.9. The zero-order valence-corrected chi connectivity index (χ0v) is 21.0. The molecule has 3 heterocycles. The molecular formula is C24H31ClN6O2S. The Morgan fingerprint density at radius 3 is 2.76 bits per heavy atom. The molecule has 0 bridgehead atoms. The monoisotopic (exact) mass is 502 g/mol. The lowest BCUT2D eigenvalue weighted by Crippen LogP contribution is -2.55. The minimum atomic E-state index is -0.0845. The Labute approximate surface area is 209 Å². The third-order valence-electron chi connectivity index (χ3n) is 6.36. The summed E-state index contributed by atoms with van der Waals surface area (Å²) in [6.07, 6.45) is 6.78. The highest BCUT2D eigenvalue weighted by molar-refractivity contribution is 7.99. The maximum Gasteiger partial charge on any atom is 0.230 e. The summed E-state index contributed by atoms with van der Waals surface area (Å²) >= 11 is 7.54. The number of nitrogens with one attached hydrogen (secondary N) is 1. The van der Waals surface area contributed by atoms with Gasteiger partial charge in [-0.1, -0.05) is 42.3 Å². The topological polar surface area (TPSA) is 91.3 Å².